The van der Waals surface area contributed by atoms with E-state index in [-0.39, 0.29) is 11.7 Å². The molecule has 3 heterocycles. The summed E-state index contributed by atoms with van der Waals surface area (Å²) in [6.07, 6.45) is 6.98. The number of hydrogen-bond acceptors (Lipinski definition) is 5. The van der Waals surface area contributed by atoms with Crippen molar-refractivity contribution in [1.82, 2.24) is 20.1 Å². The van der Waals surface area contributed by atoms with Crippen molar-refractivity contribution < 1.29 is 9.18 Å². The minimum absolute atomic E-state index is 0.112. The molecule has 4 rings (SSSR count). The fourth-order valence-electron chi connectivity index (χ4n) is 3.41. The Morgan fingerprint density at radius 1 is 1.30 bits per heavy atom. The molecule has 0 spiro atoms. The summed E-state index contributed by atoms with van der Waals surface area (Å²) < 4.78 is 15.6. The molecule has 3 aromatic rings. The van der Waals surface area contributed by atoms with Gasteiger partial charge in [0.05, 0.1) is 0 Å². The average molecular weight is 385 g/mol. The lowest BCUT2D eigenvalue weighted by atomic mass is 9.87. The van der Waals surface area contributed by atoms with Gasteiger partial charge in [0, 0.05) is 29.9 Å². The Hall–Kier alpha value is -2.58. The molecule has 0 aliphatic carbocycles. The Balaban J connectivity index is 1.51. The van der Waals surface area contributed by atoms with Crippen molar-refractivity contribution in [3.05, 3.63) is 65.2 Å². The molecule has 0 atom stereocenters. The van der Waals surface area contributed by atoms with Gasteiger partial charge in [0.1, 0.15) is 11.4 Å². The molecule has 2 aromatic heterocycles. The SMILES string of the molecule is O=C(Nc1ncc(Cc2ccccc2F)s1)C1(n2cccn2)CCNCC1. The summed E-state index contributed by atoms with van der Waals surface area (Å²) in [5.74, 6) is -0.344. The smallest absolute Gasteiger partial charge is 0.254 e. The highest BCUT2D eigenvalue weighted by Gasteiger charge is 2.42. The molecule has 6 nitrogen and oxygen atoms in total. The number of carbonyl (C=O) groups excluding carboxylic acids is 1. The number of thiazole rings is 1. The number of benzene rings is 1. The topological polar surface area (TPSA) is 71.8 Å². The van der Waals surface area contributed by atoms with Gasteiger partial charge < -0.3 is 5.32 Å². The van der Waals surface area contributed by atoms with Crippen molar-refractivity contribution in [3.8, 4) is 0 Å². The van der Waals surface area contributed by atoms with Crippen LogP contribution in [0.2, 0.25) is 0 Å². The number of nitrogens with one attached hydrogen (secondary N) is 2. The number of amides is 1. The zero-order valence-electron chi connectivity index (χ0n) is 14.7. The van der Waals surface area contributed by atoms with Crippen molar-refractivity contribution >= 4 is 22.4 Å². The monoisotopic (exact) mass is 385 g/mol. The number of piperidine rings is 1. The maximum atomic E-state index is 13.8. The number of aromatic nitrogens is 3. The first-order valence-corrected chi connectivity index (χ1v) is 9.69. The Labute approximate surface area is 160 Å². The summed E-state index contributed by atoms with van der Waals surface area (Å²) in [6.45, 7) is 1.51. The average Bonchev–Trinajstić information content (AvgIpc) is 3.37. The van der Waals surface area contributed by atoms with Crippen LogP contribution in [0.5, 0.6) is 0 Å². The summed E-state index contributed by atoms with van der Waals surface area (Å²) in [6, 6.07) is 8.52. The molecular weight excluding hydrogens is 365 g/mol. The molecular formula is C19H20FN5OS. The highest BCUT2D eigenvalue weighted by molar-refractivity contribution is 7.15. The molecule has 27 heavy (non-hydrogen) atoms. The van der Waals surface area contributed by atoms with Crippen LogP contribution in [-0.4, -0.2) is 33.8 Å². The fourth-order valence-corrected chi connectivity index (χ4v) is 4.24. The first-order chi connectivity index (χ1) is 13.2. The molecule has 0 radical (unpaired) electrons. The number of nitrogens with zero attached hydrogens (tertiary/aromatic N) is 3. The van der Waals surface area contributed by atoms with E-state index >= 15 is 0 Å². The zero-order valence-corrected chi connectivity index (χ0v) is 15.5. The normalized spacial score (nSPS) is 16.2. The van der Waals surface area contributed by atoms with Gasteiger partial charge >= 0.3 is 0 Å². The maximum absolute atomic E-state index is 13.8. The highest BCUT2D eigenvalue weighted by Crippen LogP contribution is 2.30. The van der Waals surface area contributed by atoms with E-state index in [1.54, 1.807) is 29.2 Å². The van der Waals surface area contributed by atoms with E-state index in [0.717, 1.165) is 18.0 Å². The van der Waals surface area contributed by atoms with Crippen molar-refractivity contribution in [2.75, 3.05) is 18.4 Å². The fraction of sp³-hybridized carbons (Fsp3) is 0.316. The second-order valence-electron chi connectivity index (χ2n) is 6.59. The quantitative estimate of drug-likeness (QED) is 0.708. The Morgan fingerprint density at radius 3 is 2.85 bits per heavy atom. The summed E-state index contributed by atoms with van der Waals surface area (Å²) >= 11 is 1.37. The predicted octanol–water partition coefficient (Wildman–Crippen LogP) is 2.79. The molecule has 0 unspecified atom stereocenters. The van der Waals surface area contributed by atoms with E-state index in [1.165, 1.54) is 17.4 Å². The van der Waals surface area contributed by atoms with E-state index in [2.05, 4.69) is 20.7 Å². The van der Waals surface area contributed by atoms with Gasteiger partial charge in [-0.3, -0.25) is 14.8 Å². The first kappa shape index (κ1) is 17.8. The Morgan fingerprint density at radius 2 is 2.11 bits per heavy atom. The number of carbonyl (C=O) groups is 1. The van der Waals surface area contributed by atoms with Crippen molar-refractivity contribution in [2.24, 2.45) is 0 Å². The lowest BCUT2D eigenvalue weighted by Crippen LogP contribution is -2.52. The molecule has 140 valence electrons. The zero-order chi connectivity index (χ0) is 18.7. The third-order valence-electron chi connectivity index (χ3n) is 4.89. The molecule has 2 N–H and O–H groups in total. The lowest BCUT2D eigenvalue weighted by molar-refractivity contribution is -0.126. The van der Waals surface area contributed by atoms with E-state index in [4.69, 9.17) is 0 Å². The minimum Gasteiger partial charge on any atom is -0.317 e. The van der Waals surface area contributed by atoms with E-state index < -0.39 is 5.54 Å². The molecule has 0 bridgehead atoms. The van der Waals surface area contributed by atoms with Crippen LogP contribution in [-0.2, 0) is 16.8 Å². The van der Waals surface area contributed by atoms with Gasteiger partial charge in [-0.15, -0.1) is 11.3 Å². The van der Waals surface area contributed by atoms with Crippen LogP contribution in [0.1, 0.15) is 23.3 Å². The summed E-state index contributed by atoms with van der Waals surface area (Å²) in [5.41, 5.74) is -0.100. The molecule has 8 heteroatoms. The van der Waals surface area contributed by atoms with E-state index in [1.807, 2.05) is 18.3 Å². The number of anilines is 1. The van der Waals surface area contributed by atoms with Crippen LogP contribution in [0, 0.1) is 5.82 Å². The van der Waals surface area contributed by atoms with Crippen LogP contribution in [0.3, 0.4) is 0 Å². The van der Waals surface area contributed by atoms with Gasteiger partial charge in [-0.25, -0.2) is 9.37 Å². The lowest BCUT2D eigenvalue weighted by Gasteiger charge is -2.36. The summed E-state index contributed by atoms with van der Waals surface area (Å²) in [7, 11) is 0. The van der Waals surface area contributed by atoms with Gasteiger partial charge in [0.2, 0.25) is 0 Å². The first-order valence-electron chi connectivity index (χ1n) is 8.88. The Kier molecular flexibility index (Phi) is 5.00. The number of rotatable bonds is 5. The van der Waals surface area contributed by atoms with Gasteiger partial charge in [0.25, 0.3) is 5.91 Å². The van der Waals surface area contributed by atoms with Crippen molar-refractivity contribution in [1.29, 1.82) is 0 Å². The third kappa shape index (κ3) is 3.63. The van der Waals surface area contributed by atoms with Crippen molar-refractivity contribution in [2.45, 2.75) is 24.8 Å². The maximum Gasteiger partial charge on any atom is 0.254 e. The van der Waals surface area contributed by atoms with Crippen LogP contribution in [0.25, 0.3) is 0 Å². The van der Waals surface area contributed by atoms with Crippen molar-refractivity contribution in [3.63, 3.8) is 0 Å². The highest BCUT2D eigenvalue weighted by atomic mass is 32.1. The summed E-state index contributed by atoms with van der Waals surface area (Å²) in [4.78, 5) is 18.3. The van der Waals surface area contributed by atoms with Crippen LogP contribution in [0.4, 0.5) is 9.52 Å². The molecule has 1 aliphatic rings. The van der Waals surface area contributed by atoms with E-state index in [9.17, 15) is 9.18 Å². The third-order valence-corrected chi connectivity index (χ3v) is 5.81. The second kappa shape index (κ2) is 7.58. The van der Waals surface area contributed by atoms with Gasteiger partial charge in [-0.1, -0.05) is 18.2 Å². The molecule has 1 aromatic carbocycles. The van der Waals surface area contributed by atoms with Gasteiger partial charge in [-0.05, 0) is 43.6 Å². The van der Waals surface area contributed by atoms with Gasteiger partial charge in [0.15, 0.2) is 5.13 Å². The standard InChI is InChI=1S/C19H20FN5OS/c20-16-5-2-1-4-14(16)12-15-13-22-18(27-15)24-17(26)19(6-9-21-10-7-19)25-11-3-8-23-25/h1-5,8,11,13,21H,6-7,9-10,12H2,(H,22,24,26). The molecule has 0 saturated carbocycles. The van der Waals surface area contributed by atoms with E-state index in [0.29, 0.717) is 30.0 Å². The van der Waals surface area contributed by atoms with Crippen LogP contribution < -0.4 is 10.6 Å². The largest absolute Gasteiger partial charge is 0.317 e. The number of halogens is 1. The number of hydrogen-bond donors (Lipinski definition) is 2. The Bertz CT molecular complexity index is 918. The molecule has 1 amide bonds. The minimum atomic E-state index is -0.716. The van der Waals surface area contributed by atoms with Crippen LogP contribution in [0.15, 0.2) is 48.9 Å². The summed E-state index contributed by atoms with van der Waals surface area (Å²) in [5, 5.41) is 11.1. The van der Waals surface area contributed by atoms with Gasteiger partial charge in [-0.2, -0.15) is 5.10 Å². The molecule has 1 fully saturated rings. The molecule has 1 saturated heterocycles. The second-order valence-corrected chi connectivity index (χ2v) is 7.70. The van der Waals surface area contributed by atoms with Crippen LogP contribution >= 0.6 is 11.3 Å². The predicted molar refractivity (Wildman–Crippen MR) is 102 cm³/mol. The molecule has 1 aliphatic heterocycles.